The van der Waals surface area contributed by atoms with Crippen molar-refractivity contribution >= 4 is 11.9 Å². The Balaban J connectivity index is 3.50. The number of allylic oxidation sites excluding steroid dienone is 5. The zero-order valence-electron chi connectivity index (χ0n) is 41.4. The van der Waals surface area contributed by atoms with E-state index in [1.54, 1.807) is 6.08 Å². The maximum absolute atomic E-state index is 12.5. The maximum Gasteiger partial charge on any atom is 0.305 e. The lowest BCUT2D eigenvalue weighted by atomic mass is 10.0. The van der Waals surface area contributed by atoms with Crippen LogP contribution in [0.4, 0.5) is 0 Å². The molecule has 0 radical (unpaired) electrons. The third-order valence-electron chi connectivity index (χ3n) is 12.4. The van der Waals surface area contributed by atoms with Crippen molar-refractivity contribution in [2.45, 2.75) is 296 Å². The molecule has 364 valence electrons. The van der Waals surface area contributed by atoms with E-state index >= 15 is 0 Å². The van der Waals surface area contributed by atoms with E-state index in [9.17, 15) is 19.8 Å². The molecule has 0 aromatic rings. The molecule has 3 N–H and O–H groups in total. The van der Waals surface area contributed by atoms with E-state index in [0.29, 0.717) is 19.4 Å². The van der Waals surface area contributed by atoms with Crippen LogP contribution in [-0.4, -0.2) is 47.4 Å². The normalized spacial score (nSPS) is 12.9. The first-order valence-electron chi connectivity index (χ1n) is 27.3. The van der Waals surface area contributed by atoms with E-state index in [0.717, 1.165) is 70.6 Å². The monoisotopic (exact) mass is 872 g/mol. The SMILES string of the molecule is CCCC/C=C\C/C=C\CCCCCCCC(=O)OCCCCCCCCCCCCCCCC(=O)NC(CO)C(O)/C=C/CCCCCCCCCCCCCCCCCC. The van der Waals surface area contributed by atoms with Gasteiger partial charge in [-0.25, -0.2) is 0 Å². The largest absolute Gasteiger partial charge is 0.466 e. The summed E-state index contributed by atoms with van der Waals surface area (Å²) in [4.78, 5) is 24.5. The highest BCUT2D eigenvalue weighted by Crippen LogP contribution is 2.16. The number of esters is 1. The molecule has 0 rings (SSSR count). The molecular weight excluding hydrogens is 767 g/mol. The van der Waals surface area contributed by atoms with Gasteiger partial charge >= 0.3 is 5.97 Å². The molecule has 0 aliphatic heterocycles. The van der Waals surface area contributed by atoms with Crippen LogP contribution in [0.3, 0.4) is 0 Å². The molecule has 0 heterocycles. The number of carbonyl (C=O) groups is 2. The van der Waals surface area contributed by atoms with Crippen LogP contribution in [0.15, 0.2) is 36.5 Å². The van der Waals surface area contributed by atoms with Gasteiger partial charge in [0, 0.05) is 12.8 Å². The highest BCUT2D eigenvalue weighted by molar-refractivity contribution is 5.76. The molecule has 2 unspecified atom stereocenters. The summed E-state index contributed by atoms with van der Waals surface area (Å²) < 4.78 is 5.45. The van der Waals surface area contributed by atoms with Gasteiger partial charge in [0.15, 0.2) is 0 Å². The molecule has 0 aromatic heterocycles. The summed E-state index contributed by atoms with van der Waals surface area (Å²) in [6.45, 7) is 4.83. The molecular formula is C56H105NO5. The summed E-state index contributed by atoms with van der Waals surface area (Å²) in [5.41, 5.74) is 0. The first-order chi connectivity index (χ1) is 30.5. The molecule has 0 aliphatic rings. The number of nitrogens with one attached hydrogen (secondary N) is 1. The molecule has 6 heteroatoms. The predicted octanol–water partition coefficient (Wildman–Crippen LogP) is 16.5. The number of aliphatic hydroxyl groups is 2. The molecule has 2 atom stereocenters. The van der Waals surface area contributed by atoms with E-state index in [1.165, 1.54) is 186 Å². The molecule has 0 spiro atoms. The third-order valence-corrected chi connectivity index (χ3v) is 12.4. The number of ether oxygens (including phenoxy) is 1. The highest BCUT2D eigenvalue weighted by Gasteiger charge is 2.18. The van der Waals surface area contributed by atoms with Crippen LogP contribution >= 0.6 is 0 Å². The zero-order chi connectivity index (χ0) is 45.1. The zero-order valence-corrected chi connectivity index (χ0v) is 41.4. The molecule has 0 aromatic carbocycles. The van der Waals surface area contributed by atoms with Crippen LogP contribution in [0.25, 0.3) is 0 Å². The maximum atomic E-state index is 12.5. The number of aliphatic hydroxyl groups excluding tert-OH is 2. The Hall–Kier alpha value is -1.92. The van der Waals surface area contributed by atoms with Crippen molar-refractivity contribution in [3.8, 4) is 0 Å². The van der Waals surface area contributed by atoms with E-state index in [-0.39, 0.29) is 18.5 Å². The summed E-state index contributed by atoms with van der Waals surface area (Å²) in [6, 6.07) is -0.639. The van der Waals surface area contributed by atoms with E-state index in [2.05, 4.69) is 43.5 Å². The Labute approximate surface area is 385 Å². The minimum atomic E-state index is -0.854. The van der Waals surface area contributed by atoms with Gasteiger partial charge < -0.3 is 20.3 Å². The number of unbranched alkanes of at least 4 members (excludes halogenated alkanes) is 35. The van der Waals surface area contributed by atoms with Crippen LogP contribution in [0.2, 0.25) is 0 Å². The summed E-state index contributed by atoms with van der Waals surface area (Å²) in [5, 5.41) is 23.1. The van der Waals surface area contributed by atoms with Crippen molar-refractivity contribution < 1.29 is 24.5 Å². The molecule has 0 aliphatic carbocycles. The fourth-order valence-corrected chi connectivity index (χ4v) is 8.18. The van der Waals surface area contributed by atoms with Gasteiger partial charge in [-0.3, -0.25) is 9.59 Å². The van der Waals surface area contributed by atoms with Gasteiger partial charge in [-0.1, -0.05) is 249 Å². The quantitative estimate of drug-likeness (QED) is 0.0321. The Kier molecular flexibility index (Phi) is 50.1. The summed E-state index contributed by atoms with van der Waals surface area (Å²) in [5.74, 6) is -0.102. The first kappa shape index (κ1) is 60.1. The van der Waals surface area contributed by atoms with Crippen molar-refractivity contribution in [3.05, 3.63) is 36.5 Å². The van der Waals surface area contributed by atoms with Gasteiger partial charge in [0.25, 0.3) is 0 Å². The second-order valence-corrected chi connectivity index (χ2v) is 18.6. The number of hydrogen-bond acceptors (Lipinski definition) is 5. The minimum absolute atomic E-state index is 0.0216. The van der Waals surface area contributed by atoms with Crippen molar-refractivity contribution in [1.82, 2.24) is 5.32 Å². The van der Waals surface area contributed by atoms with Crippen molar-refractivity contribution in [2.24, 2.45) is 0 Å². The van der Waals surface area contributed by atoms with Crippen LogP contribution in [0.5, 0.6) is 0 Å². The molecule has 0 bridgehead atoms. The summed E-state index contributed by atoms with van der Waals surface area (Å²) in [6.07, 6.45) is 62.9. The predicted molar refractivity (Wildman–Crippen MR) is 269 cm³/mol. The molecule has 0 saturated heterocycles. The van der Waals surface area contributed by atoms with Crippen LogP contribution in [0, 0.1) is 0 Å². The molecule has 0 fully saturated rings. The summed E-state index contributed by atoms with van der Waals surface area (Å²) in [7, 11) is 0. The fourth-order valence-electron chi connectivity index (χ4n) is 8.18. The van der Waals surface area contributed by atoms with Crippen LogP contribution in [-0.2, 0) is 14.3 Å². The fraction of sp³-hybridized carbons (Fsp3) is 0.857. The number of amides is 1. The molecule has 62 heavy (non-hydrogen) atoms. The van der Waals surface area contributed by atoms with Crippen LogP contribution < -0.4 is 5.32 Å². The van der Waals surface area contributed by atoms with E-state index < -0.39 is 12.1 Å². The van der Waals surface area contributed by atoms with Crippen molar-refractivity contribution in [1.29, 1.82) is 0 Å². The van der Waals surface area contributed by atoms with Crippen molar-refractivity contribution in [2.75, 3.05) is 13.2 Å². The number of hydrogen-bond donors (Lipinski definition) is 3. The van der Waals surface area contributed by atoms with Gasteiger partial charge in [0.2, 0.25) is 5.91 Å². The molecule has 1 amide bonds. The lowest BCUT2D eigenvalue weighted by Crippen LogP contribution is -2.45. The van der Waals surface area contributed by atoms with E-state index in [4.69, 9.17) is 4.74 Å². The lowest BCUT2D eigenvalue weighted by Gasteiger charge is -2.20. The number of rotatable bonds is 50. The Morgan fingerprint density at radius 1 is 0.452 bits per heavy atom. The highest BCUT2D eigenvalue weighted by atomic mass is 16.5. The second-order valence-electron chi connectivity index (χ2n) is 18.6. The van der Waals surface area contributed by atoms with Gasteiger partial charge in [0.1, 0.15) is 0 Å². The third kappa shape index (κ3) is 47.6. The topological polar surface area (TPSA) is 95.9 Å². The second kappa shape index (κ2) is 51.7. The first-order valence-corrected chi connectivity index (χ1v) is 27.3. The van der Waals surface area contributed by atoms with Crippen LogP contribution in [0.1, 0.15) is 284 Å². The lowest BCUT2D eigenvalue weighted by molar-refractivity contribution is -0.143. The Morgan fingerprint density at radius 2 is 0.823 bits per heavy atom. The number of carbonyl (C=O) groups excluding carboxylic acids is 2. The standard InChI is InChI=1S/C56H105NO5/c1-3-5-7-9-11-13-15-17-19-20-21-22-24-28-32-36-40-44-48-54(59)53(52-58)57-55(60)49-45-41-37-33-29-25-23-27-31-35-39-43-47-51-62-56(61)50-46-42-38-34-30-26-18-16-14-12-10-8-6-4-2/h10,12,16,18,44,48,53-54,58-59H,3-9,11,13-15,17,19-43,45-47,49-52H2,1-2H3,(H,57,60)/b12-10-,18-16-,48-44+. The molecule has 6 nitrogen and oxygen atoms in total. The molecule has 0 saturated carbocycles. The summed E-state index contributed by atoms with van der Waals surface area (Å²) >= 11 is 0. The van der Waals surface area contributed by atoms with Gasteiger partial charge in [-0.05, 0) is 57.8 Å². The average molecular weight is 872 g/mol. The Bertz CT molecular complexity index is 1010. The smallest absolute Gasteiger partial charge is 0.305 e. The van der Waals surface area contributed by atoms with Crippen molar-refractivity contribution in [3.63, 3.8) is 0 Å². The Morgan fingerprint density at radius 3 is 1.27 bits per heavy atom. The van der Waals surface area contributed by atoms with Gasteiger partial charge in [0.05, 0.1) is 25.4 Å². The van der Waals surface area contributed by atoms with Gasteiger partial charge in [-0.2, -0.15) is 0 Å². The van der Waals surface area contributed by atoms with E-state index in [1.807, 2.05) is 6.08 Å². The minimum Gasteiger partial charge on any atom is -0.466 e. The van der Waals surface area contributed by atoms with Gasteiger partial charge in [-0.15, -0.1) is 0 Å². The average Bonchev–Trinajstić information content (AvgIpc) is 3.27.